The molecule has 3 amide bonds. The molecule has 3 aromatic rings. The van der Waals surface area contributed by atoms with Crippen molar-refractivity contribution in [2.24, 2.45) is 0 Å². The number of fused-ring (bicyclic) bond motifs is 4. The van der Waals surface area contributed by atoms with E-state index in [0.717, 1.165) is 30.1 Å². The number of carbonyl (C=O) groups excluding carboxylic acids is 2. The number of methoxy groups -OCH3 is 1. The summed E-state index contributed by atoms with van der Waals surface area (Å²) in [5, 5.41) is 3.13. The van der Waals surface area contributed by atoms with Gasteiger partial charge >= 0.3 is 6.03 Å². The van der Waals surface area contributed by atoms with Crippen LogP contribution in [-0.4, -0.2) is 62.5 Å². The van der Waals surface area contributed by atoms with Gasteiger partial charge < -0.3 is 29.3 Å². The van der Waals surface area contributed by atoms with Gasteiger partial charge in [0, 0.05) is 55.5 Å². The molecule has 2 saturated heterocycles. The van der Waals surface area contributed by atoms with Crippen LogP contribution in [0.25, 0.3) is 0 Å². The number of para-hydroxylation sites is 1. The SMILES string of the molecule is CCOc1cccc2c1O[C@@]1(C)C[C@H]2NC(=O)N1c1cccc(C(=O)N2CCN(c3cccc(OC)c3)CC2)c1. The van der Waals surface area contributed by atoms with Gasteiger partial charge in [0.15, 0.2) is 17.2 Å². The third-order valence-corrected chi connectivity index (χ3v) is 7.90. The molecule has 6 rings (SSSR count). The molecule has 2 bridgehead atoms. The smallest absolute Gasteiger partial charge is 0.325 e. The number of rotatable bonds is 6. The molecule has 0 aromatic heterocycles. The van der Waals surface area contributed by atoms with Crippen LogP contribution in [0.15, 0.2) is 66.7 Å². The Bertz CT molecular complexity index is 1440. The Morgan fingerprint density at radius 1 is 1.02 bits per heavy atom. The molecule has 2 fully saturated rings. The number of nitrogens with one attached hydrogen (secondary N) is 1. The van der Waals surface area contributed by atoms with E-state index in [1.807, 2.05) is 67.3 Å². The summed E-state index contributed by atoms with van der Waals surface area (Å²) in [5.41, 5.74) is 2.19. The number of ether oxygens (including phenoxy) is 3. The highest BCUT2D eigenvalue weighted by Crippen LogP contribution is 2.49. The predicted octanol–water partition coefficient (Wildman–Crippen LogP) is 4.83. The van der Waals surface area contributed by atoms with Gasteiger partial charge in [-0.1, -0.05) is 24.3 Å². The Morgan fingerprint density at radius 3 is 2.55 bits per heavy atom. The molecule has 40 heavy (non-hydrogen) atoms. The zero-order valence-electron chi connectivity index (χ0n) is 23.1. The van der Waals surface area contributed by atoms with Crippen molar-refractivity contribution < 1.29 is 23.8 Å². The second-order valence-corrected chi connectivity index (χ2v) is 10.5. The Hall–Kier alpha value is -4.40. The molecule has 3 aromatic carbocycles. The molecule has 0 aliphatic carbocycles. The van der Waals surface area contributed by atoms with E-state index >= 15 is 0 Å². The Morgan fingerprint density at radius 2 is 1.77 bits per heavy atom. The number of hydrogen-bond donors (Lipinski definition) is 1. The summed E-state index contributed by atoms with van der Waals surface area (Å²) < 4.78 is 17.7. The van der Waals surface area contributed by atoms with Crippen LogP contribution in [0.4, 0.5) is 16.2 Å². The van der Waals surface area contributed by atoms with Gasteiger partial charge in [-0.25, -0.2) is 4.79 Å². The molecule has 0 spiro atoms. The average Bonchev–Trinajstić information content (AvgIpc) is 2.97. The molecule has 0 radical (unpaired) electrons. The number of anilines is 2. The quantitative estimate of drug-likeness (QED) is 0.481. The van der Waals surface area contributed by atoms with Crippen molar-refractivity contribution in [3.8, 4) is 17.2 Å². The van der Waals surface area contributed by atoms with E-state index in [-0.39, 0.29) is 18.0 Å². The first kappa shape index (κ1) is 25.9. The molecule has 3 aliphatic heterocycles. The molecule has 9 nitrogen and oxygen atoms in total. The van der Waals surface area contributed by atoms with E-state index in [1.54, 1.807) is 24.1 Å². The summed E-state index contributed by atoms with van der Waals surface area (Å²) in [6, 6.07) is 20.5. The van der Waals surface area contributed by atoms with Gasteiger partial charge in [-0.2, -0.15) is 0 Å². The minimum atomic E-state index is -0.947. The molecule has 1 N–H and O–H groups in total. The van der Waals surface area contributed by atoms with Crippen molar-refractivity contribution in [2.45, 2.75) is 32.0 Å². The van der Waals surface area contributed by atoms with E-state index in [9.17, 15) is 9.59 Å². The van der Waals surface area contributed by atoms with Crippen LogP contribution in [0.1, 0.15) is 42.2 Å². The Kier molecular flexibility index (Phi) is 6.65. The van der Waals surface area contributed by atoms with Crippen LogP contribution in [-0.2, 0) is 0 Å². The van der Waals surface area contributed by atoms with Gasteiger partial charge in [-0.15, -0.1) is 0 Å². The van der Waals surface area contributed by atoms with E-state index < -0.39 is 5.72 Å². The Balaban J connectivity index is 1.21. The summed E-state index contributed by atoms with van der Waals surface area (Å²) >= 11 is 0. The van der Waals surface area contributed by atoms with Gasteiger partial charge in [0.05, 0.1) is 25.4 Å². The highest BCUT2D eigenvalue weighted by Gasteiger charge is 2.50. The highest BCUT2D eigenvalue weighted by molar-refractivity contribution is 5.99. The van der Waals surface area contributed by atoms with Crippen LogP contribution in [0, 0.1) is 0 Å². The first-order chi connectivity index (χ1) is 19.4. The summed E-state index contributed by atoms with van der Waals surface area (Å²) in [6.07, 6.45) is 0.561. The summed E-state index contributed by atoms with van der Waals surface area (Å²) in [7, 11) is 1.66. The number of benzene rings is 3. The summed E-state index contributed by atoms with van der Waals surface area (Å²) in [5.74, 6) is 2.06. The van der Waals surface area contributed by atoms with Crippen molar-refractivity contribution in [1.29, 1.82) is 0 Å². The molecule has 0 saturated carbocycles. The minimum absolute atomic E-state index is 0.0545. The maximum Gasteiger partial charge on any atom is 0.325 e. The molecule has 208 valence electrons. The predicted molar refractivity (Wildman–Crippen MR) is 153 cm³/mol. The van der Waals surface area contributed by atoms with Gasteiger partial charge in [-0.3, -0.25) is 9.69 Å². The topological polar surface area (TPSA) is 83.6 Å². The monoisotopic (exact) mass is 542 g/mol. The molecule has 2 atom stereocenters. The lowest BCUT2D eigenvalue weighted by Gasteiger charge is -2.50. The van der Waals surface area contributed by atoms with Crippen molar-refractivity contribution in [3.63, 3.8) is 0 Å². The van der Waals surface area contributed by atoms with Gasteiger partial charge in [0.1, 0.15) is 5.75 Å². The van der Waals surface area contributed by atoms with Crippen LogP contribution in [0.3, 0.4) is 0 Å². The van der Waals surface area contributed by atoms with Crippen molar-refractivity contribution >= 4 is 23.3 Å². The van der Waals surface area contributed by atoms with Gasteiger partial charge in [0.25, 0.3) is 5.91 Å². The standard InChI is InChI=1S/C31H34N4O5/c1-4-39-27-13-7-12-25-26-20-31(2,40-28(25)27)35(30(37)32-26)23-10-5-8-21(18-23)29(36)34-16-14-33(15-17-34)22-9-6-11-24(19-22)38-3/h5-13,18-19,26H,4,14-17,20H2,1-3H3,(H,32,37)/t26-,31+/m1/s1. The second kappa shape index (κ2) is 10.3. The molecular weight excluding hydrogens is 508 g/mol. The minimum Gasteiger partial charge on any atom is -0.497 e. The average molecular weight is 543 g/mol. The van der Waals surface area contributed by atoms with E-state index in [1.165, 1.54) is 0 Å². The number of urea groups is 1. The van der Waals surface area contributed by atoms with Gasteiger partial charge in [-0.05, 0) is 50.2 Å². The number of hydrogen-bond acceptors (Lipinski definition) is 6. The van der Waals surface area contributed by atoms with Crippen molar-refractivity contribution in [3.05, 3.63) is 77.9 Å². The van der Waals surface area contributed by atoms with Crippen molar-refractivity contribution in [2.75, 3.05) is 49.7 Å². The van der Waals surface area contributed by atoms with Crippen LogP contribution >= 0.6 is 0 Å². The third-order valence-electron chi connectivity index (χ3n) is 7.90. The lowest BCUT2D eigenvalue weighted by molar-refractivity contribution is 0.0343. The molecular formula is C31H34N4O5. The highest BCUT2D eigenvalue weighted by atomic mass is 16.5. The van der Waals surface area contributed by atoms with Crippen LogP contribution in [0.5, 0.6) is 17.2 Å². The first-order valence-electron chi connectivity index (χ1n) is 13.7. The number of amides is 3. The van der Waals surface area contributed by atoms with E-state index in [0.29, 0.717) is 48.9 Å². The molecule has 9 heteroatoms. The summed E-state index contributed by atoms with van der Waals surface area (Å²) in [4.78, 5) is 32.7. The fourth-order valence-corrected chi connectivity index (χ4v) is 5.96. The number of nitrogens with zero attached hydrogens (tertiary/aromatic N) is 3. The maximum absolute atomic E-state index is 13.6. The third kappa shape index (κ3) is 4.55. The molecule has 0 unspecified atom stereocenters. The maximum atomic E-state index is 13.6. The lowest BCUT2D eigenvalue weighted by atomic mass is 9.89. The number of carbonyl (C=O) groups is 2. The normalized spacial score (nSPS) is 21.7. The Labute approximate surface area is 234 Å². The number of piperazine rings is 1. The zero-order chi connectivity index (χ0) is 27.9. The zero-order valence-corrected chi connectivity index (χ0v) is 23.1. The van der Waals surface area contributed by atoms with Gasteiger partial charge in [0.2, 0.25) is 0 Å². The molecule has 3 heterocycles. The van der Waals surface area contributed by atoms with Crippen LogP contribution in [0.2, 0.25) is 0 Å². The van der Waals surface area contributed by atoms with Crippen molar-refractivity contribution in [1.82, 2.24) is 10.2 Å². The fraction of sp³-hybridized carbons (Fsp3) is 0.355. The fourth-order valence-electron chi connectivity index (χ4n) is 5.96. The first-order valence-corrected chi connectivity index (χ1v) is 13.7. The largest absolute Gasteiger partial charge is 0.497 e. The molecule has 3 aliphatic rings. The van der Waals surface area contributed by atoms with E-state index in [4.69, 9.17) is 14.2 Å². The van der Waals surface area contributed by atoms with Crippen LogP contribution < -0.4 is 29.3 Å². The lowest BCUT2D eigenvalue weighted by Crippen LogP contribution is -2.65. The summed E-state index contributed by atoms with van der Waals surface area (Å²) in [6.45, 7) is 7.00. The van der Waals surface area contributed by atoms with E-state index in [2.05, 4.69) is 16.3 Å². The second-order valence-electron chi connectivity index (χ2n) is 10.5.